The first-order chi connectivity index (χ1) is 7.00. The van der Waals surface area contributed by atoms with Crippen molar-refractivity contribution in [2.24, 2.45) is 0 Å². The lowest BCUT2D eigenvalue weighted by atomic mass is 10.3. The Morgan fingerprint density at radius 2 is 2.13 bits per heavy atom. The molecule has 0 aromatic carbocycles. The van der Waals surface area contributed by atoms with Crippen LogP contribution >= 0.6 is 0 Å². The smallest absolute Gasteiger partial charge is 0.239 e. The molecule has 1 heterocycles. The Kier molecular flexibility index (Phi) is 3.85. The number of aromatic amines is 1. The first-order valence-electron chi connectivity index (χ1n) is 5.05. The van der Waals surface area contributed by atoms with E-state index in [1.165, 1.54) is 0 Å². The highest BCUT2D eigenvalue weighted by molar-refractivity contribution is 5.92. The number of rotatable bonds is 4. The van der Waals surface area contributed by atoms with Gasteiger partial charge in [-0.25, -0.2) is 0 Å². The summed E-state index contributed by atoms with van der Waals surface area (Å²) in [6.07, 6.45) is 0. The highest BCUT2D eigenvalue weighted by Crippen LogP contribution is 2.12. The summed E-state index contributed by atoms with van der Waals surface area (Å²) >= 11 is 0. The van der Waals surface area contributed by atoms with E-state index >= 15 is 0 Å². The number of nitrogens with one attached hydrogen (secondary N) is 3. The third-order valence-corrected chi connectivity index (χ3v) is 2.18. The Morgan fingerprint density at radius 3 is 2.60 bits per heavy atom. The minimum atomic E-state index is -0.0710. The molecule has 0 saturated carbocycles. The quantitative estimate of drug-likeness (QED) is 0.693. The molecule has 0 bridgehead atoms. The number of amides is 1. The zero-order valence-electron chi connectivity index (χ0n) is 9.64. The van der Waals surface area contributed by atoms with Crippen molar-refractivity contribution in [2.45, 2.75) is 33.7 Å². The highest BCUT2D eigenvalue weighted by Gasteiger charge is 2.09. The van der Waals surface area contributed by atoms with E-state index in [-0.39, 0.29) is 5.91 Å². The minimum absolute atomic E-state index is 0.0710. The summed E-state index contributed by atoms with van der Waals surface area (Å²) in [7, 11) is 0. The third-order valence-electron chi connectivity index (χ3n) is 2.18. The molecule has 0 atom stereocenters. The Balaban J connectivity index is 2.48. The largest absolute Gasteiger partial charge is 0.308 e. The fourth-order valence-corrected chi connectivity index (χ4v) is 1.08. The predicted octanol–water partition coefficient (Wildman–Crippen LogP) is 0.963. The lowest BCUT2D eigenvalue weighted by molar-refractivity contribution is -0.115. The number of H-pyrrole nitrogens is 1. The molecule has 1 aromatic rings. The van der Waals surface area contributed by atoms with Gasteiger partial charge in [0.1, 0.15) is 0 Å². The molecule has 0 aliphatic rings. The molecule has 1 aromatic heterocycles. The molecule has 0 radical (unpaired) electrons. The average molecular weight is 210 g/mol. The molecule has 0 unspecified atom stereocenters. The monoisotopic (exact) mass is 210 g/mol. The topological polar surface area (TPSA) is 69.8 Å². The van der Waals surface area contributed by atoms with E-state index < -0.39 is 0 Å². The summed E-state index contributed by atoms with van der Waals surface area (Å²) < 4.78 is 0. The van der Waals surface area contributed by atoms with Crippen molar-refractivity contribution < 1.29 is 4.79 Å². The van der Waals surface area contributed by atoms with Crippen molar-refractivity contribution >= 4 is 11.7 Å². The molecule has 84 valence electrons. The third kappa shape index (κ3) is 3.36. The van der Waals surface area contributed by atoms with Crippen LogP contribution in [0.4, 0.5) is 5.82 Å². The number of aromatic nitrogens is 2. The zero-order valence-corrected chi connectivity index (χ0v) is 9.64. The molecule has 0 spiro atoms. The van der Waals surface area contributed by atoms with Gasteiger partial charge in [-0.2, -0.15) is 5.10 Å². The summed E-state index contributed by atoms with van der Waals surface area (Å²) in [5.41, 5.74) is 1.95. The Bertz CT molecular complexity index is 343. The fourth-order valence-electron chi connectivity index (χ4n) is 1.08. The van der Waals surface area contributed by atoms with Gasteiger partial charge in [0.25, 0.3) is 0 Å². The number of carbonyl (C=O) groups is 1. The second-order valence-corrected chi connectivity index (χ2v) is 3.91. The van der Waals surface area contributed by atoms with Crippen molar-refractivity contribution in [3.63, 3.8) is 0 Å². The maximum atomic E-state index is 11.5. The molecule has 0 aliphatic heterocycles. The van der Waals surface area contributed by atoms with Crippen LogP contribution in [0.1, 0.15) is 25.1 Å². The van der Waals surface area contributed by atoms with E-state index in [2.05, 4.69) is 20.8 Å². The molecule has 5 nitrogen and oxygen atoms in total. The first kappa shape index (κ1) is 11.7. The molecule has 3 N–H and O–H groups in total. The van der Waals surface area contributed by atoms with E-state index in [9.17, 15) is 4.79 Å². The van der Waals surface area contributed by atoms with Crippen LogP contribution in [-0.4, -0.2) is 28.7 Å². The van der Waals surface area contributed by atoms with Gasteiger partial charge < -0.3 is 10.6 Å². The Morgan fingerprint density at radius 1 is 1.47 bits per heavy atom. The standard InChI is InChI=1S/C10H18N4O/c1-6(2)11-5-9(15)12-10-7(3)8(4)13-14-10/h6,11H,5H2,1-4H3,(H2,12,13,14,15). The lowest BCUT2D eigenvalue weighted by Crippen LogP contribution is -2.32. The van der Waals surface area contributed by atoms with Crippen LogP contribution in [0.5, 0.6) is 0 Å². The summed E-state index contributed by atoms with van der Waals surface area (Å²) in [6, 6.07) is 0.303. The number of anilines is 1. The van der Waals surface area contributed by atoms with Gasteiger partial charge in [0, 0.05) is 17.3 Å². The molecule has 15 heavy (non-hydrogen) atoms. The van der Waals surface area contributed by atoms with Gasteiger partial charge in [-0.1, -0.05) is 13.8 Å². The van der Waals surface area contributed by atoms with Crippen LogP contribution in [0, 0.1) is 13.8 Å². The fraction of sp³-hybridized carbons (Fsp3) is 0.600. The minimum Gasteiger partial charge on any atom is -0.308 e. The average Bonchev–Trinajstić information content (AvgIpc) is 2.47. The molecular weight excluding hydrogens is 192 g/mol. The van der Waals surface area contributed by atoms with Crippen molar-refractivity contribution in [1.82, 2.24) is 15.5 Å². The number of hydrogen-bond donors (Lipinski definition) is 3. The molecule has 5 heteroatoms. The SMILES string of the molecule is Cc1[nH]nc(NC(=O)CNC(C)C)c1C. The molecular formula is C10H18N4O. The highest BCUT2D eigenvalue weighted by atomic mass is 16.2. The van der Waals surface area contributed by atoms with E-state index in [0.29, 0.717) is 18.4 Å². The van der Waals surface area contributed by atoms with Gasteiger partial charge in [-0.15, -0.1) is 0 Å². The van der Waals surface area contributed by atoms with Crippen molar-refractivity contribution in [2.75, 3.05) is 11.9 Å². The second kappa shape index (κ2) is 4.93. The number of carbonyl (C=O) groups excluding carboxylic acids is 1. The summed E-state index contributed by atoms with van der Waals surface area (Å²) in [5.74, 6) is 0.543. The first-order valence-corrected chi connectivity index (χ1v) is 5.05. The summed E-state index contributed by atoms with van der Waals surface area (Å²) in [6.45, 7) is 8.14. The summed E-state index contributed by atoms with van der Waals surface area (Å²) in [4.78, 5) is 11.5. The molecule has 0 aliphatic carbocycles. The van der Waals surface area contributed by atoms with Crippen molar-refractivity contribution in [1.29, 1.82) is 0 Å². The Labute approximate surface area is 89.6 Å². The van der Waals surface area contributed by atoms with Gasteiger partial charge in [0.05, 0.1) is 6.54 Å². The zero-order chi connectivity index (χ0) is 11.4. The second-order valence-electron chi connectivity index (χ2n) is 3.91. The van der Waals surface area contributed by atoms with Gasteiger partial charge in [0.15, 0.2) is 5.82 Å². The number of nitrogens with zero attached hydrogens (tertiary/aromatic N) is 1. The molecule has 0 saturated heterocycles. The maximum absolute atomic E-state index is 11.5. The van der Waals surface area contributed by atoms with E-state index in [1.54, 1.807) is 0 Å². The van der Waals surface area contributed by atoms with Crippen LogP contribution in [0.15, 0.2) is 0 Å². The molecule has 0 fully saturated rings. The Hall–Kier alpha value is -1.36. The van der Waals surface area contributed by atoms with Crippen LogP contribution in [0.2, 0.25) is 0 Å². The van der Waals surface area contributed by atoms with Gasteiger partial charge in [-0.3, -0.25) is 9.89 Å². The van der Waals surface area contributed by atoms with Gasteiger partial charge in [0.2, 0.25) is 5.91 Å². The normalized spacial score (nSPS) is 10.7. The summed E-state index contributed by atoms with van der Waals surface area (Å²) in [5, 5.41) is 12.6. The van der Waals surface area contributed by atoms with E-state index in [1.807, 2.05) is 27.7 Å². The molecule has 1 rings (SSSR count). The van der Waals surface area contributed by atoms with E-state index in [4.69, 9.17) is 0 Å². The van der Waals surface area contributed by atoms with Gasteiger partial charge >= 0.3 is 0 Å². The van der Waals surface area contributed by atoms with Gasteiger partial charge in [-0.05, 0) is 13.8 Å². The van der Waals surface area contributed by atoms with Crippen LogP contribution < -0.4 is 10.6 Å². The van der Waals surface area contributed by atoms with Crippen LogP contribution in [0.3, 0.4) is 0 Å². The number of aryl methyl sites for hydroxylation is 1. The lowest BCUT2D eigenvalue weighted by Gasteiger charge is -2.07. The predicted molar refractivity (Wildman–Crippen MR) is 59.8 cm³/mol. The van der Waals surface area contributed by atoms with Crippen LogP contribution in [-0.2, 0) is 4.79 Å². The van der Waals surface area contributed by atoms with E-state index in [0.717, 1.165) is 11.3 Å². The molecule has 1 amide bonds. The maximum Gasteiger partial charge on any atom is 0.239 e. The van der Waals surface area contributed by atoms with Crippen molar-refractivity contribution in [3.8, 4) is 0 Å². The van der Waals surface area contributed by atoms with Crippen molar-refractivity contribution in [3.05, 3.63) is 11.3 Å². The number of hydrogen-bond acceptors (Lipinski definition) is 3. The van der Waals surface area contributed by atoms with Crippen LogP contribution in [0.25, 0.3) is 0 Å².